The van der Waals surface area contributed by atoms with Crippen LogP contribution in [0, 0.1) is 0 Å². The van der Waals surface area contributed by atoms with Crippen molar-refractivity contribution in [2.75, 3.05) is 19.6 Å². The van der Waals surface area contributed by atoms with E-state index in [1.54, 1.807) is 0 Å². The molecule has 0 aliphatic carbocycles. The number of hydrogen-bond donors (Lipinski definition) is 0. The van der Waals surface area contributed by atoms with E-state index in [1.165, 1.54) is 0 Å². The summed E-state index contributed by atoms with van der Waals surface area (Å²) in [6.07, 6.45) is 1.68. The lowest BCUT2D eigenvalue weighted by atomic mass is 10.1. The average molecular weight is 288 g/mol. The number of carbonyl (C=O) groups excluding carboxylic acids is 1. The fourth-order valence-electron chi connectivity index (χ4n) is 2.67. The van der Waals surface area contributed by atoms with Gasteiger partial charge in [0.05, 0.1) is 0 Å². The van der Waals surface area contributed by atoms with Crippen LogP contribution in [-0.4, -0.2) is 47.6 Å². The quantitative estimate of drug-likeness (QED) is 0.799. The van der Waals surface area contributed by atoms with Gasteiger partial charge in [-0.3, -0.25) is 4.90 Å². The summed E-state index contributed by atoms with van der Waals surface area (Å²) in [5.41, 5.74) is 1.01. The topological polar surface area (TPSA) is 32.8 Å². The van der Waals surface area contributed by atoms with Crippen molar-refractivity contribution in [1.29, 1.82) is 0 Å². The molecule has 1 fully saturated rings. The summed E-state index contributed by atoms with van der Waals surface area (Å²) < 4.78 is 5.43. The van der Waals surface area contributed by atoms with Gasteiger partial charge in [-0.2, -0.15) is 0 Å². The summed E-state index contributed by atoms with van der Waals surface area (Å²) in [4.78, 5) is 16.4. The molecule has 1 aromatic rings. The highest BCUT2D eigenvalue weighted by atomic mass is 16.6. The molecule has 0 unspecified atom stereocenters. The minimum absolute atomic E-state index is 0.157. The Kier molecular flexibility index (Phi) is 5.39. The zero-order valence-electron chi connectivity index (χ0n) is 12.9. The van der Waals surface area contributed by atoms with Crippen LogP contribution in [-0.2, 0) is 11.3 Å². The number of nitrogens with zero attached hydrogens (tertiary/aromatic N) is 2. The van der Waals surface area contributed by atoms with Crippen molar-refractivity contribution >= 4 is 6.09 Å². The molecule has 1 heterocycles. The third kappa shape index (κ3) is 4.08. The molecule has 0 radical (unpaired) electrons. The Labute approximate surface area is 127 Å². The SMILES string of the molecule is C=CCN1C[C@@H](C)N(C(=O)OCc2ccccc2)C[C@@H]1C. The Morgan fingerprint density at radius 2 is 2.00 bits per heavy atom. The molecular formula is C17H24N2O2. The molecule has 1 amide bonds. The van der Waals surface area contributed by atoms with E-state index in [0.717, 1.165) is 18.7 Å². The zero-order valence-corrected chi connectivity index (χ0v) is 12.9. The molecule has 1 aliphatic heterocycles. The summed E-state index contributed by atoms with van der Waals surface area (Å²) in [6, 6.07) is 10.2. The Morgan fingerprint density at radius 1 is 1.29 bits per heavy atom. The van der Waals surface area contributed by atoms with Crippen LogP contribution in [0.3, 0.4) is 0 Å². The highest BCUT2D eigenvalue weighted by Gasteiger charge is 2.32. The number of ether oxygens (including phenoxy) is 1. The predicted molar refractivity (Wildman–Crippen MR) is 84.0 cm³/mol. The van der Waals surface area contributed by atoms with Crippen molar-refractivity contribution in [1.82, 2.24) is 9.80 Å². The molecule has 0 saturated carbocycles. The van der Waals surface area contributed by atoms with E-state index in [1.807, 2.05) is 41.3 Å². The molecule has 21 heavy (non-hydrogen) atoms. The summed E-state index contributed by atoms with van der Waals surface area (Å²) in [5, 5.41) is 0. The molecule has 0 aromatic heterocycles. The number of hydrogen-bond acceptors (Lipinski definition) is 3. The number of piperazine rings is 1. The molecule has 2 rings (SSSR count). The predicted octanol–water partition coefficient (Wildman–Crippen LogP) is 2.90. The van der Waals surface area contributed by atoms with Gasteiger partial charge in [0.15, 0.2) is 0 Å². The molecule has 114 valence electrons. The van der Waals surface area contributed by atoms with Crippen LogP contribution in [0.1, 0.15) is 19.4 Å². The van der Waals surface area contributed by atoms with Crippen LogP contribution in [0.25, 0.3) is 0 Å². The maximum absolute atomic E-state index is 12.3. The number of carbonyl (C=O) groups is 1. The van der Waals surface area contributed by atoms with Crippen LogP contribution in [0.5, 0.6) is 0 Å². The van der Waals surface area contributed by atoms with Gasteiger partial charge in [0.2, 0.25) is 0 Å². The first kappa shape index (κ1) is 15.6. The van der Waals surface area contributed by atoms with Gasteiger partial charge in [-0.15, -0.1) is 6.58 Å². The smallest absolute Gasteiger partial charge is 0.410 e. The molecule has 2 atom stereocenters. The van der Waals surface area contributed by atoms with Gasteiger partial charge in [-0.25, -0.2) is 4.79 Å². The lowest BCUT2D eigenvalue weighted by molar-refractivity contribution is 0.0299. The molecule has 4 heteroatoms. The molecule has 1 aromatic carbocycles. The van der Waals surface area contributed by atoms with Gasteiger partial charge >= 0.3 is 6.09 Å². The largest absolute Gasteiger partial charge is 0.445 e. The van der Waals surface area contributed by atoms with Crippen LogP contribution < -0.4 is 0 Å². The first-order valence-electron chi connectivity index (χ1n) is 7.44. The summed E-state index contributed by atoms with van der Waals surface area (Å²) in [7, 11) is 0. The second-order valence-corrected chi connectivity index (χ2v) is 5.63. The van der Waals surface area contributed by atoms with Crippen LogP contribution in [0.2, 0.25) is 0 Å². The molecule has 4 nitrogen and oxygen atoms in total. The van der Waals surface area contributed by atoms with Crippen molar-refractivity contribution < 1.29 is 9.53 Å². The van der Waals surface area contributed by atoms with Gasteiger partial charge < -0.3 is 9.64 Å². The molecule has 0 bridgehead atoms. The average Bonchev–Trinajstić information content (AvgIpc) is 2.49. The Hall–Kier alpha value is -1.81. The number of benzene rings is 1. The van der Waals surface area contributed by atoms with Crippen LogP contribution in [0.15, 0.2) is 43.0 Å². The van der Waals surface area contributed by atoms with Gasteiger partial charge in [0, 0.05) is 31.7 Å². The summed E-state index contributed by atoms with van der Waals surface area (Å²) in [5.74, 6) is 0. The molecular weight excluding hydrogens is 264 g/mol. The van der Waals surface area contributed by atoms with E-state index >= 15 is 0 Å². The van der Waals surface area contributed by atoms with Crippen molar-refractivity contribution in [2.45, 2.75) is 32.5 Å². The zero-order chi connectivity index (χ0) is 15.2. The summed E-state index contributed by atoms with van der Waals surface area (Å²) in [6.45, 7) is 10.7. The van der Waals surface area contributed by atoms with E-state index in [0.29, 0.717) is 19.2 Å². The second-order valence-electron chi connectivity index (χ2n) is 5.63. The van der Waals surface area contributed by atoms with Crippen molar-refractivity contribution in [3.63, 3.8) is 0 Å². The fraction of sp³-hybridized carbons (Fsp3) is 0.471. The van der Waals surface area contributed by atoms with Crippen molar-refractivity contribution in [2.24, 2.45) is 0 Å². The molecule has 1 aliphatic rings. The summed E-state index contributed by atoms with van der Waals surface area (Å²) >= 11 is 0. The van der Waals surface area contributed by atoms with E-state index in [2.05, 4.69) is 25.3 Å². The van der Waals surface area contributed by atoms with Gasteiger partial charge in [-0.05, 0) is 19.4 Å². The number of amides is 1. The van der Waals surface area contributed by atoms with Gasteiger partial charge in [-0.1, -0.05) is 36.4 Å². The third-order valence-electron chi connectivity index (χ3n) is 3.92. The van der Waals surface area contributed by atoms with Crippen LogP contribution in [0.4, 0.5) is 4.79 Å². The Balaban J connectivity index is 1.89. The van der Waals surface area contributed by atoms with Gasteiger partial charge in [0.1, 0.15) is 6.61 Å². The molecule has 1 saturated heterocycles. The fourth-order valence-corrected chi connectivity index (χ4v) is 2.67. The van der Waals surface area contributed by atoms with E-state index in [9.17, 15) is 4.79 Å². The highest BCUT2D eigenvalue weighted by Crippen LogP contribution is 2.16. The first-order chi connectivity index (χ1) is 10.1. The minimum Gasteiger partial charge on any atom is -0.445 e. The lowest BCUT2D eigenvalue weighted by Crippen LogP contribution is -2.58. The van der Waals surface area contributed by atoms with Gasteiger partial charge in [0.25, 0.3) is 0 Å². The van der Waals surface area contributed by atoms with Crippen molar-refractivity contribution in [3.05, 3.63) is 48.6 Å². The lowest BCUT2D eigenvalue weighted by Gasteiger charge is -2.43. The molecule has 0 N–H and O–H groups in total. The Bertz CT molecular complexity index is 475. The van der Waals surface area contributed by atoms with Crippen LogP contribution >= 0.6 is 0 Å². The Morgan fingerprint density at radius 3 is 2.67 bits per heavy atom. The second kappa shape index (κ2) is 7.27. The van der Waals surface area contributed by atoms with Crippen molar-refractivity contribution in [3.8, 4) is 0 Å². The van der Waals surface area contributed by atoms with E-state index in [-0.39, 0.29) is 12.1 Å². The van der Waals surface area contributed by atoms with E-state index in [4.69, 9.17) is 4.74 Å². The minimum atomic E-state index is -0.226. The van der Waals surface area contributed by atoms with E-state index < -0.39 is 0 Å². The molecule has 0 spiro atoms. The highest BCUT2D eigenvalue weighted by molar-refractivity contribution is 5.68. The first-order valence-corrected chi connectivity index (χ1v) is 7.44. The monoisotopic (exact) mass is 288 g/mol. The maximum Gasteiger partial charge on any atom is 0.410 e. The standard InChI is InChI=1S/C17H24N2O2/c1-4-10-18-11-15(3)19(12-14(18)2)17(20)21-13-16-8-6-5-7-9-16/h4-9,14-15H,1,10-13H2,2-3H3/t14-,15+/m0/s1. The third-order valence-corrected chi connectivity index (χ3v) is 3.92. The maximum atomic E-state index is 12.3. The number of rotatable bonds is 4. The normalized spacial score (nSPS) is 22.9.